The van der Waals surface area contributed by atoms with E-state index in [1.54, 1.807) is 25.0 Å². The van der Waals surface area contributed by atoms with E-state index in [1.807, 2.05) is 98.8 Å². The molecule has 1 N–H and O–H groups in total. The summed E-state index contributed by atoms with van der Waals surface area (Å²) in [6.07, 6.45) is 0.267. The van der Waals surface area contributed by atoms with Crippen LogP contribution in [0.2, 0.25) is 0 Å². The van der Waals surface area contributed by atoms with Crippen molar-refractivity contribution in [3.63, 3.8) is 0 Å². The quantitative estimate of drug-likeness (QED) is 0.191. The zero-order valence-corrected chi connectivity index (χ0v) is 24.8. The minimum atomic E-state index is -0.481. The molecule has 1 amide bonds. The van der Waals surface area contributed by atoms with Crippen molar-refractivity contribution < 1.29 is 23.8 Å². The Bertz CT molecular complexity index is 1780. The van der Waals surface area contributed by atoms with Crippen LogP contribution in [0, 0.1) is 13.8 Å². The van der Waals surface area contributed by atoms with Crippen molar-refractivity contribution in [2.75, 3.05) is 19.5 Å². The second-order valence-corrected chi connectivity index (χ2v) is 10.2. The number of aromatic nitrogens is 2. The summed E-state index contributed by atoms with van der Waals surface area (Å²) in [6, 6.07) is 28.5. The van der Waals surface area contributed by atoms with Crippen LogP contribution in [0.5, 0.6) is 17.4 Å². The summed E-state index contributed by atoms with van der Waals surface area (Å²) in [6.45, 7) is 5.34. The van der Waals surface area contributed by atoms with Gasteiger partial charge in [-0.1, -0.05) is 54.6 Å². The average Bonchev–Trinajstić information content (AvgIpc) is 3.36. The Morgan fingerprint density at radius 3 is 2.28 bits per heavy atom. The molecule has 1 aromatic heterocycles. The molecule has 0 radical (unpaired) electrons. The van der Waals surface area contributed by atoms with Crippen molar-refractivity contribution >= 4 is 17.6 Å². The van der Waals surface area contributed by atoms with E-state index in [0.29, 0.717) is 34.0 Å². The average molecular weight is 576 g/mol. The van der Waals surface area contributed by atoms with Gasteiger partial charge in [-0.25, -0.2) is 0 Å². The second-order valence-electron chi connectivity index (χ2n) is 10.2. The molecule has 5 aromatic rings. The molecule has 0 bridgehead atoms. The number of hydrogen-bond donors (Lipinski definition) is 1. The minimum absolute atomic E-state index is 0.119. The largest absolute Gasteiger partial charge is 0.497 e. The van der Waals surface area contributed by atoms with Crippen molar-refractivity contribution in [2.24, 2.45) is 0 Å². The lowest BCUT2D eigenvalue weighted by Crippen LogP contribution is -2.14. The zero-order chi connectivity index (χ0) is 30.5. The van der Waals surface area contributed by atoms with Crippen molar-refractivity contribution in [2.45, 2.75) is 27.2 Å². The molecule has 0 aliphatic rings. The van der Waals surface area contributed by atoms with E-state index in [1.165, 1.54) is 6.92 Å². The fourth-order valence-corrected chi connectivity index (χ4v) is 4.89. The second kappa shape index (κ2) is 12.7. The Hall–Kier alpha value is -5.37. The molecule has 0 atom stereocenters. The lowest BCUT2D eigenvalue weighted by Gasteiger charge is -2.13. The summed E-state index contributed by atoms with van der Waals surface area (Å²) >= 11 is 0. The monoisotopic (exact) mass is 575 g/mol. The highest BCUT2D eigenvalue weighted by molar-refractivity contribution is 5.93. The van der Waals surface area contributed by atoms with Crippen LogP contribution in [0.1, 0.15) is 23.6 Å². The number of nitrogens with zero attached hydrogens (tertiary/aromatic N) is 2. The van der Waals surface area contributed by atoms with Gasteiger partial charge in [0.25, 0.3) is 0 Å². The van der Waals surface area contributed by atoms with Gasteiger partial charge in [0.15, 0.2) is 0 Å². The van der Waals surface area contributed by atoms with Gasteiger partial charge >= 0.3 is 5.97 Å². The lowest BCUT2D eigenvalue weighted by atomic mass is 10.00. The highest BCUT2D eigenvalue weighted by atomic mass is 16.5. The van der Waals surface area contributed by atoms with Crippen molar-refractivity contribution in [3.8, 4) is 45.5 Å². The van der Waals surface area contributed by atoms with Crippen LogP contribution in [0.25, 0.3) is 28.1 Å². The minimum Gasteiger partial charge on any atom is -0.497 e. The van der Waals surface area contributed by atoms with Gasteiger partial charge in [-0.15, -0.1) is 0 Å². The summed E-state index contributed by atoms with van der Waals surface area (Å²) in [4.78, 5) is 25.1. The first-order chi connectivity index (χ1) is 20.8. The smallest absolute Gasteiger partial charge is 0.309 e. The summed E-state index contributed by atoms with van der Waals surface area (Å²) in [7, 11) is 3.17. The molecule has 1 heterocycles. The Morgan fingerprint density at radius 1 is 0.860 bits per heavy atom. The molecule has 0 spiro atoms. The third-order valence-electron chi connectivity index (χ3n) is 7.00. The van der Waals surface area contributed by atoms with Crippen molar-refractivity contribution in [1.29, 1.82) is 0 Å². The van der Waals surface area contributed by atoms with Crippen LogP contribution in [0.4, 0.5) is 5.69 Å². The Balaban J connectivity index is 1.64. The fourth-order valence-electron chi connectivity index (χ4n) is 4.89. The van der Waals surface area contributed by atoms with Crippen molar-refractivity contribution in [1.82, 2.24) is 9.78 Å². The van der Waals surface area contributed by atoms with E-state index in [9.17, 15) is 9.59 Å². The highest BCUT2D eigenvalue weighted by Gasteiger charge is 2.27. The van der Waals surface area contributed by atoms with Crippen LogP contribution in [-0.4, -0.2) is 35.9 Å². The van der Waals surface area contributed by atoms with Crippen molar-refractivity contribution in [3.05, 3.63) is 108 Å². The third kappa shape index (κ3) is 6.43. The van der Waals surface area contributed by atoms with Gasteiger partial charge in [0.2, 0.25) is 11.8 Å². The third-order valence-corrected chi connectivity index (χ3v) is 7.00. The molecule has 8 nitrogen and oxygen atoms in total. The normalized spacial score (nSPS) is 10.7. The van der Waals surface area contributed by atoms with E-state index in [2.05, 4.69) is 5.32 Å². The maximum Gasteiger partial charge on any atom is 0.309 e. The van der Waals surface area contributed by atoms with Gasteiger partial charge in [-0.05, 0) is 66.4 Å². The van der Waals surface area contributed by atoms with E-state index in [-0.39, 0.29) is 18.2 Å². The molecule has 0 aliphatic carbocycles. The lowest BCUT2D eigenvalue weighted by molar-refractivity contribution is -0.132. The number of ether oxygens (including phenoxy) is 3. The van der Waals surface area contributed by atoms with Crippen LogP contribution >= 0.6 is 0 Å². The maximum atomic E-state index is 12.7. The van der Waals surface area contributed by atoms with E-state index in [4.69, 9.17) is 19.3 Å². The number of hydrogen-bond acceptors (Lipinski definition) is 6. The number of esters is 1. The number of amides is 1. The zero-order valence-electron chi connectivity index (χ0n) is 24.8. The molecule has 218 valence electrons. The number of rotatable bonds is 9. The number of carbonyl (C=O) groups excluding carboxylic acids is 2. The molecular formula is C35H33N3O5. The molecule has 0 unspecified atom stereocenters. The molecule has 5 rings (SSSR count). The fraction of sp³-hybridized carbons (Fsp3) is 0.171. The van der Waals surface area contributed by atoms with E-state index >= 15 is 0 Å². The van der Waals surface area contributed by atoms with E-state index in [0.717, 1.165) is 27.9 Å². The van der Waals surface area contributed by atoms with Crippen LogP contribution in [0.3, 0.4) is 0 Å². The standard InChI is InChI=1S/C35H33N3O5/c1-22-11-12-23(2)30(19-22)38-35(43-24(3)39)33(34(37-38)29-18-17-28(41-4)21-31(29)42-5)26-13-15-27(16-14-26)36-32(40)20-25-9-7-6-8-10-25/h6-19,21H,20H2,1-5H3,(H,36,40). The predicted molar refractivity (Wildman–Crippen MR) is 167 cm³/mol. The molecule has 4 aromatic carbocycles. The Kier molecular flexibility index (Phi) is 8.57. The number of aryl methyl sites for hydroxylation is 2. The molecule has 8 heteroatoms. The van der Waals surface area contributed by atoms with Crippen LogP contribution in [0.15, 0.2) is 91.0 Å². The van der Waals surface area contributed by atoms with Gasteiger partial charge < -0.3 is 19.5 Å². The topological polar surface area (TPSA) is 91.7 Å². The molecule has 0 saturated heterocycles. The summed E-state index contributed by atoms with van der Waals surface area (Å²) in [5.74, 6) is 0.851. The van der Waals surface area contributed by atoms with Gasteiger partial charge in [0.05, 0.1) is 31.9 Å². The van der Waals surface area contributed by atoms with Gasteiger partial charge in [-0.2, -0.15) is 9.78 Å². The summed E-state index contributed by atoms with van der Waals surface area (Å²) in [5, 5.41) is 7.97. The number of anilines is 1. The number of nitrogens with one attached hydrogen (secondary N) is 1. The van der Waals surface area contributed by atoms with Gasteiger partial charge in [0, 0.05) is 24.2 Å². The predicted octanol–water partition coefficient (Wildman–Crippen LogP) is 6.95. The highest BCUT2D eigenvalue weighted by Crippen LogP contribution is 2.45. The van der Waals surface area contributed by atoms with Gasteiger partial charge in [0.1, 0.15) is 17.2 Å². The maximum absolute atomic E-state index is 12.7. The number of methoxy groups -OCH3 is 2. The molecule has 0 aliphatic heterocycles. The molecule has 43 heavy (non-hydrogen) atoms. The number of carbonyl (C=O) groups is 2. The SMILES string of the molecule is COc1ccc(-c2nn(-c3cc(C)ccc3C)c(OC(C)=O)c2-c2ccc(NC(=O)Cc3ccccc3)cc2)c(OC)c1. The van der Waals surface area contributed by atoms with Gasteiger partial charge in [-0.3, -0.25) is 9.59 Å². The number of benzene rings is 4. The van der Waals surface area contributed by atoms with Crippen LogP contribution in [-0.2, 0) is 16.0 Å². The molecule has 0 saturated carbocycles. The Labute approximate surface area is 250 Å². The van der Waals surface area contributed by atoms with E-state index < -0.39 is 5.97 Å². The molecular weight excluding hydrogens is 542 g/mol. The Morgan fingerprint density at radius 2 is 1.60 bits per heavy atom. The molecule has 0 fully saturated rings. The first-order valence-electron chi connectivity index (χ1n) is 13.8. The first-order valence-corrected chi connectivity index (χ1v) is 13.8. The summed E-state index contributed by atoms with van der Waals surface area (Å²) in [5.41, 5.74) is 6.92. The summed E-state index contributed by atoms with van der Waals surface area (Å²) < 4.78 is 18.7. The van der Waals surface area contributed by atoms with Crippen LogP contribution < -0.4 is 19.5 Å². The first kappa shape index (κ1) is 29.1.